The second-order valence-electron chi connectivity index (χ2n) is 7.49. The third-order valence-corrected chi connectivity index (χ3v) is 6.86. The number of fused-ring (bicyclic) bond motifs is 1. The molecule has 1 amide bonds. The Kier molecular flexibility index (Phi) is 4.81. The summed E-state index contributed by atoms with van der Waals surface area (Å²) in [6.07, 6.45) is 3.66. The van der Waals surface area contributed by atoms with Gasteiger partial charge in [-0.3, -0.25) is 9.59 Å². The Labute approximate surface area is 157 Å². The summed E-state index contributed by atoms with van der Waals surface area (Å²) < 4.78 is 30.3. The minimum atomic E-state index is -3.34. The van der Waals surface area contributed by atoms with Gasteiger partial charge in [-0.2, -0.15) is 4.31 Å². The molecule has 1 aromatic heterocycles. The fraction of sp³-hybridized carbons (Fsp3) is 0.706. The van der Waals surface area contributed by atoms with Crippen LogP contribution in [0.15, 0.2) is 4.79 Å². The minimum Gasteiger partial charge on any atom is -0.368 e. The Balaban J connectivity index is 1.50. The van der Waals surface area contributed by atoms with E-state index in [9.17, 15) is 18.0 Å². The molecule has 148 valence electrons. The van der Waals surface area contributed by atoms with Gasteiger partial charge in [0.15, 0.2) is 0 Å². The highest BCUT2D eigenvalue weighted by Crippen LogP contribution is 2.27. The molecule has 3 aliphatic rings. The predicted octanol–water partition coefficient (Wildman–Crippen LogP) is -0.417. The molecule has 0 unspecified atom stereocenters. The van der Waals surface area contributed by atoms with Gasteiger partial charge in [0.05, 0.1) is 17.5 Å². The second kappa shape index (κ2) is 6.99. The first-order chi connectivity index (χ1) is 12.8. The number of likely N-dealkylation sites (tertiary alicyclic amines) is 1. The molecular formula is C17H24N4O5S. The van der Waals surface area contributed by atoms with Crippen molar-refractivity contribution in [2.45, 2.75) is 44.2 Å². The van der Waals surface area contributed by atoms with Crippen LogP contribution in [0.4, 0.5) is 0 Å². The van der Waals surface area contributed by atoms with E-state index in [-0.39, 0.29) is 30.0 Å². The molecule has 4 heterocycles. The highest BCUT2D eigenvalue weighted by molar-refractivity contribution is 7.88. The lowest BCUT2D eigenvalue weighted by atomic mass is 10.1. The Morgan fingerprint density at radius 3 is 2.81 bits per heavy atom. The van der Waals surface area contributed by atoms with E-state index in [1.807, 2.05) is 0 Å². The van der Waals surface area contributed by atoms with E-state index in [0.717, 1.165) is 25.5 Å². The zero-order valence-electron chi connectivity index (χ0n) is 15.3. The van der Waals surface area contributed by atoms with Crippen LogP contribution >= 0.6 is 0 Å². The summed E-state index contributed by atoms with van der Waals surface area (Å²) in [4.78, 5) is 34.3. The number of aromatic nitrogens is 2. The van der Waals surface area contributed by atoms with Crippen LogP contribution in [0.5, 0.6) is 0 Å². The highest BCUT2D eigenvalue weighted by atomic mass is 32.2. The summed E-state index contributed by atoms with van der Waals surface area (Å²) in [5.74, 6) is 0.606. The number of H-pyrrole nitrogens is 1. The van der Waals surface area contributed by atoms with Crippen LogP contribution in [0.25, 0.3) is 0 Å². The first-order valence-corrected chi connectivity index (χ1v) is 11.2. The van der Waals surface area contributed by atoms with E-state index in [4.69, 9.17) is 4.74 Å². The van der Waals surface area contributed by atoms with Crippen molar-refractivity contribution in [2.24, 2.45) is 0 Å². The Bertz CT molecular complexity index is 906. The summed E-state index contributed by atoms with van der Waals surface area (Å²) in [5, 5.41) is 0. The monoisotopic (exact) mass is 396 g/mol. The van der Waals surface area contributed by atoms with Gasteiger partial charge in [0.25, 0.3) is 11.5 Å². The average molecular weight is 396 g/mol. The number of ether oxygens (including phenoxy) is 1. The molecule has 3 aliphatic heterocycles. The lowest BCUT2D eigenvalue weighted by molar-refractivity contribution is -0.139. The first-order valence-electron chi connectivity index (χ1n) is 9.30. The number of nitrogens with zero attached hydrogens (tertiary/aromatic N) is 3. The van der Waals surface area contributed by atoms with E-state index < -0.39 is 10.0 Å². The minimum absolute atomic E-state index is 0.0127. The van der Waals surface area contributed by atoms with Crippen LogP contribution in [0.2, 0.25) is 0 Å². The summed E-state index contributed by atoms with van der Waals surface area (Å²) in [6.45, 7) is 2.18. The van der Waals surface area contributed by atoms with Crippen LogP contribution in [0.3, 0.4) is 0 Å². The number of aromatic amines is 1. The molecular weight excluding hydrogens is 372 g/mol. The normalized spacial score (nSPS) is 26.3. The van der Waals surface area contributed by atoms with Gasteiger partial charge in [-0.05, 0) is 19.3 Å². The second-order valence-corrected chi connectivity index (χ2v) is 9.48. The van der Waals surface area contributed by atoms with Crippen LogP contribution in [0.1, 0.15) is 42.3 Å². The van der Waals surface area contributed by atoms with E-state index in [0.29, 0.717) is 49.7 Å². The molecule has 0 radical (unpaired) electrons. The standard InChI is InChI=1S/C17H24N4O5S/c1-27(24,25)21-7-5-13-12(10-21)16(22)19-15(18-13)11-4-6-20(9-11)17(23)14-3-2-8-26-14/h11,14H,2-10H2,1H3,(H,18,19,22)/t11-,14-/m0/s1. The number of hydrogen-bond acceptors (Lipinski definition) is 6. The topological polar surface area (TPSA) is 113 Å². The number of carbonyl (C=O) groups excluding carboxylic acids is 1. The molecule has 9 nitrogen and oxygen atoms in total. The van der Waals surface area contributed by atoms with Crippen LogP contribution in [-0.2, 0) is 32.5 Å². The quantitative estimate of drug-likeness (QED) is 0.743. The maximum absolute atomic E-state index is 12.5. The van der Waals surface area contributed by atoms with Crippen molar-refractivity contribution >= 4 is 15.9 Å². The van der Waals surface area contributed by atoms with Gasteiger partial charge in [0, 0.05) is 45.1 Å². The van der Waals surface area contributed by atoms with Gasteiger partial charge < -0.3 is 14.6 Å². The smallest absolute Gasteiger partial charge is 0.255 e. The van der Waals surface area contributed by atoms with E-state index >= 15 is 0 Å². The van der Waals surface area contributed by atoms with Gasteiger partial charge in [0.2, 0.25) is 10.0 Å². The summed E-state index contributed by atoms with van der Waals surface area (Å²) in [7, 11) is -3.34. The summed E-state index contributed by atoms with van der Waals surface area (Å²) in [5.41, 5.74) is 0.797. The molecule has 2 atom stereocenters. The molecule has 0 aliphatic carbocycles. The number of amides is 1. The molecule has 0 saturated carbocycles. The Morgan fingerprint density at radius 2 is 2.11 bits per heavy atom. The molecule has 4 rings (SSSR count). The predicted molar refractivity (Wildman–Crippen MR) is 96.7 cm³/mol. The zero-order chi connectivity index (χ0) is 19.2. The summed E-state index contributed by atoms with van der Waals surface area (Å²) >= 11 is 0. The molecule has 27 heavy (non-hydrogen) atoms. The van der Waals surface area contributed by atoms with E-state index in [1.54, 1.807) is 4.90 Å². The van der Waals surface area contributed by atoms with Crippen molar-refractivity contribution in [3.8, 4) is 0 Å². The molecule has 0 spiro atoms. The van der Waals surface area contributed by atoms with Gasteiger partial charge >= 0.3 is 0 Å². The van der Waals surface area contributed by atoms with Crippen LogP contribution in [0, 0.1) is 0 Å². The van der Waals surface area contributed by atoms with Crippen molar-refractivity contribution in [3.05, 3.63) is 27.4 Å². The number of nitrogens with one attached hydrogen (secondary N) is 1. The average Bonchev–Trinajstić information content (AvgIpc) is 3.32. The highest BCUT2D eigenvalue weighted by Gasteiger charge is 2.35. The van der Waals surface area contributed by atoms with Gasteiger partial charge in [-0.1, -0.05) is 0 Å². The van der Waals surface area contributed by atoms with Crippen LogP contribution in [-0.4, -0.2) is 72.1 Å². The molecule has 10 heteroatoms. The molecule has 0 aromatic carbocycles. The van der Waals surface area contributed by atoms with E-state index in [1.165, 1.54) is 4.31 Å². The van der Waals surface area contributed by atoms with Crippen molar-refractivity contribution in [1.82, 2.24) is 19.2 Å². The fourth-order valence-corrected chi connectivity index (χ4v) is 4.84. The number of hydrogen-bond donors (Lipinski definition) is 1. The molecule has 1 N–H and O–H groups in total. The molecule has 0 bridgehead atoms. The molecule has 1 aromatic rings. The van der Waals surface area contributed by atoms with Crippen molar-refractivity contribution in [2.75, 3.05) is 32.5 Å². The third-order valence-electron chi connectivity index (χ3n) is 5.61. The largest absolute Gasteiger partial charge is 0.368 e. The maximum Gasteiger partial charge on any atom is 0.255 e. The fourth-order valence-electron chi connectivity index (χ4n) is 4.06. The Morgan fingerprint density at radius 1 is 1.30 bits per heavy atom. The van der Waals surface area contributed by atoms with Crippen molar-refractivity contribution < 1.29 is 17.9 Å². The zero-order valence-corrected chi connectivity index (χ0v) is 16.1. The third kappa shape index (κ3) is 3.65. The number of sulfonamides is 1. The van der Waals surface area contributed by atoms with Crippen LogP contribution < -0.4 is 5.56 Å². The Hall–Kier alpha value is -1.78. The van der Waals surface area contributed by atoms with Gasteiger partial charge in [-0.15, -0.1) is 0 Å². The van der Waals surface area contributed by atoms with Gasteiger partial charge in [-0.25, -0.2) is 13.4 Å². The number of carbonyl (C=O) groups is 1. The van der Waals surface area contributed by atoms with Crippen molar-refractivity contribution in [1.29, 1.82) is 0 Å². The van der Waals surface area contributed by atoms with Crippen molar-refractivity contribution in [3.63, 3.8) is 0 Å². The first kappa shape index (κ1) is 18.6. The molecule has 2 saturated heterocycles. The number of rotatable bonds is 3. The lowest BCUT2D eigenvalue weighted by Gasteiger charge is -2.26. The van der Waals surface area contributed by atoms with E-state index in [2.05, 4.69) is 9.97 Å². The summed E-state index contributed by atoms with van der Waals surface area (Å²) in [6, 6.07) is 0. The van der Waals surface area contributed by atoms with Gasteiger partial charge in [0.1, 0.15) is 11.9 Å². The lowest BCUT2D eigenvalue weighted by Crippen LogP contribution is -2.39. The maximum atomic E-state index is 12.5. The molecule has 2 fully saturated rings. The SMILES string of the molecule is CS(=O)(=O)N1CCc2nc([C@H]3CCN(C(=O)[C@@H]4CCCO4)C3)[nH]c(=O)c2C1.